The molecule has 2 aliphatic rings. The lowest BCUT2D eigenvalue weighted by Gasteiger charge is -2.26. The van der Waals surface area contributed by atoms with Gasteiger partial charge in [-0.2, -0.15) is 0 Å². The number of phenolic OH excluding ortho intramolecular Hbond substituents is 18. The predicted octanol–water partition coefficient (Wildman–Crippen LogP) is 4.56. The maximum atomic E-state index is 11.9. The van der Waals surface area contributed by atoms with Gasteiger partial charge in [-0.15, -0.1) is 0 Å². The van der Waals surface area contributed by atoms with Crippen molar-refractivity contribution in [1.82, 2.24) is 5.32 Å². The number of furan rings is 1. The molecular weight excluding hydrogens is 838 g/mol. The van der Waals surface area contributed by atoms with Gasteiger partial charge >= 0.3 is 0 Å². The number of aromatic hydroxyl groups is 18. The fraction of sp³-hybridized carbons (Fsp3) is 0.0732. The van der Waals surface area contributed by atoms with Crippen LogP contribution in [0.15, 0.2) is 38.7 Å². The molecule has 6 aromatic carbocycles. The molecule has 0 spiro atoms. The van der Waals surface area contributed by atoms with Gasteiger partial charge in [-0.1, -0.05) is 18.2 Å². The first kappa shape index (κ1) is 39.1. The minimum Gasteiger partial charge on any atom is -0.507 e. The zero-order valence-corrected chi connectivity index (χ0v) is 31.2. The van der Waals surface area contributed by atoms with Gasteiger partial charge < -0.3 is 102 Å². The number of fused-ring (bicyclic) bond motifs is 5. The minimum atomic E-state index is -2.08. The predicted molar refractivity (Wildman–Crippen MR) is 216 cm³/mol. The number of nitrogens with zero attached hydrogens (tertiary/aromatic N) is 2. The largest absolute Gasteiger partial charge is 0.507 e. The Morgan fingerprint density at radius 1 is 0.444 bits per heavy atom. The smallest absolute Gasteiger partial charge is 0.208 e. The molecule has 1 atom stereocenters. The number of allylic oxidation sites excluding steroid dienone is 1. The number of nitrogens with one attached hydrogen (secondary N) is 1. The van der Waals surface area contributed by atoms with Crippen LogP contribution in [0.25, 0.3) is 49.7 Å². The highest BCUT2D eigenvalue weighted by Crippen LogP contribution is 2.64. The Labute approximate surface area is 347 Å². The summed E-state index contributed by atoms with van der Waals surface area (Å²) in [6.45, 7) is 0. The van der Waals surface area contributed by atoms with Gasteiger partial charge in [-0.3, -0.25) is 0 Å². The molecule has 0 saturated heterocycles. The Hall–Kier alpha value is -9.34. The fourth-order valence-corrected chi connectivity index (χ4v) is 8.00. The number of hydrogen-bond acceptors (Lipinski definition) is 22. The molecule has 19 N–H and O–H groups in total. The number of hydrogen-bond donors (Lipinski definition) is 19. The Bertz CT molecular complexity index is 3340. The Balaban J connectivity index is 1.35. The van der Waals surface area contributed by atoms with Crippen molar-refractivity contribution in [3.8, 4) is 115 Å². The first-order valence-electron chi connectivity index (χ1n) is 18.1. The summed E-state index contributed by atoms with van der Waals surface area (Å²) in [5.74, 6) is -25.2. The number of phenols is 18. The average Bonchev–Trinajstić information content (AvgIpc) is 3.65. The molecule has 0 saturated carbocycles. The first-order chi connectivity index (χ1) is 29.8. The molecule has 0 bridgehead atoms. The van der Waals surface area contributed by atoms with Crippen LogP contribution in [0.4, 0.5) is 0 Å². The van der Waals surface area contributed by atoms with Crippen LogP contribution in [0.3, 0.4) is 0 Å². The summed E-state index contributed by atoms with van der Waals surface area (Å²) in [6, 6.07) is 4.72. The van der Waals surface area contributed by atoms with E-state index in [9.17, 15) is 91.9 Å². The Morgan fingerprint density at radius 2 is 0.889 bits per heavy atom. The molecule has 1 unspecified atom stereocenters. The maximum Gasteiger partial charge on any atom is 0.208 e. The number of rotatable bonds is 4. The number of aliphatic imine (C=N–C) groups is 2. The third kappa shape index (κ3) is 5.05. The molecule has 322 valence electrons. The van der Waals surface area contributed by atoms with Crippen LogP contribution in [0.5, 0.6) is 103 Å². The molecule has 1 aromatic heterocycles. The van der Waals surface area contributed by atoms with Crippen molar-refractivity contribution >= 4 is 50.3 Å². The zero-order valence-electron chi connectivity index (χ0n) is 31.2. The van der Waals surface area contributed by atoms with Gasteiger partial charge in [0.2, 0.25) is 28.7 Å². The van der Waals surface area contributed by atoms with Crippen molar-refractivity contribution in [3.05, 3.63) is 52.3 Å². The van der Waals surface area contributed by atoms with Crippen molar-refractivity contribution in [1.29, 1.82) is 0 Å². The van der Waals surface area contributed by atoms with Crippen LogP contribution in [-0.4, -0.2) is 104 Å². The summed E-state index contributed by atoms with van der Waals surface area (Å²) in [4.78, 5) is 8.81. The molecule has 22 nitrogen and oxygen atoms in total. The lowest BCUT2D eigenvalue weighted by molar-refractivity contribution is 0.329. The molecule has 9 rings (SSSR count). The summed E-state index contributed by atoms with van der Waals surface area (Å²) >= 11 is 0. The van der Waals surface area contributed by atoms with Gasteiger partial charge in [-0.25, -0.2) is 9.98 Å². The summed E-state index contributed by atoms with van der Waals surface area (Å²) in [5, 5.41) is 195. The number of amidine groups is 2. The van der Waals surface area contributed by atoms with E-state index in [-0.39, 0.29) is 11.4 Å². The van der Waals surface area contributed by atoms with Crippen molar-refractivity contribution in [2.45, 2.75) is 19.0 Å². The lowest BCUT2D eigenvalue weighted by Crippen LogP contribution is -2.36. The molecule has 0 amide bonds. The van der Waals surface area contributed by atoms with E-state index in [2.05, 4.69) is 15.3 Å². The lowest BCUT2D eigenvalue weighted by atomic mass is 9.92. The van der Waals surface area contributed by atoms with Crippen LogP contribution in [0.1, 0.15) is 40.6 Å². The van der Waals surface area contributed by atoms with Gasteiger partial charge in [-0.05, 0) is 25.0 Å². The SMILES string of the molecule is Oc1c(O)c(O)c(-c2c(O)c(O)c3c(O)c(C4N=C(c5c(O)c(O)c6c(O)c(O)c(O)c(O)c6c5O)NC(c5cccc6oc7c(c56)CCC=C7)=N4)c(O)c(O)c3c2O)c(O)c1O. The second kappa shape index (κ2) is 13.1. The Kier molecular flexibility index (Phi) is 8.13. The van der Waals surface area contributed by atoms with E-state index in [1.54, 1.807) is 18.2 Å². The van der Waals surface area contributed by atoms with Gasteiger partial charge in [0.25, 0.3) is 0 Å². The summed E-state index contributed by atoms with van der Waals surface area (Å²) in [6.07, 6.45) is 2.60. The molecule has 7 aromatic rings. The molecule has 22 heteroatoms. The van der Waals surface area contributed by atoms with Crippen molar-refractivity contribution in [3.63, 3.8) is 0 Å². The third-order valence-electron chi connectivity index (χ3n) is 11.0. The van der Waals surface area contributed by atoms with Crippen molar-refractivity contribution in [2.24, 2.45) is 9.98 Å². The normalized spacial score (nSPS) is 14.8. The van der Waals surface area contributed by atoms with Crippen LogP contribution in [0, 0.1) is 0 Å². The third-order valence-corrected chi connectivity index (χ3v) is 11.0. The molecule has 1 aliphatic heterocycles. The minimum absolute atomic E-state index is 0.212. The Morgan fingerprint density at radius 3 is 1.51 bits per heavy atom. The molecule has 1 aliphatic carbocycles. The van der Waals surface area contributed by atoms with E-state index in [0.717, 1.165) is 0 Å². The monoisotopic (exact) mass is 867 g/mol. The summed E-state index contributed by atoms with van der Waals surface area (Å²) in [5.41, 5.74) is -3.01. The zero-order chi connectivity index (χ0) is 45.4. The van der Waals surface area contributed by atoms with Gasteiger partial charge in [0.1, 0.15) is 45.8 Å². The van der Waals surface area contributed by atoms with Crippen molar-refractivity contribution in [2.75, 3.05) is 0 Å². The standard InChI is InChI=1S/C41H29N3O19/c45-21-13-14(24(48)25(49)15(21)18-30(54)36(60)38(62)37(61)31(18)55)22(46)19(32(56)26(13)50)40-42-39(9-5-3-7-11-12(9)8-4-1-2-6-10(8)63-11)43-41(44-40)20-23(47)16-17(27(51)33(20)57)29(53)35(59)34(58)28(16)52/h2-3,5-7,40,45-62H,1,4H2,(H,42,43,44). The second-order valence-corrected chi connectivity index (χ2v) is 14.3. The molecule has 0 fully saturated rings. The van der Waals surface area contributed by atoms with E-state index < -0.39 is 159 Å². The fourth-order valence-electron chi connectivity index (χ4n) is 8.00. The van der Waals surface area contributed by atoms with E-state index in [1.807, 2.05) is 6.08 Å². The van der Waals surface area contributed by atoms with Gasteiger partial charge in [0.15, 0.2) is 63.7 Å². The van der Waals surface area contributed by atoms with E-state index in [0.29, 0.717) is 35.1 Å². The molecule has 0 radical (unpaired) electrons. The number of aryl methyl sites for hydroxylation is 1. The van der Waals surface area contributed by atoms with E-state index >= 15 is 0 Å². The quantitative estimate of drug-likeness (QED) is 0.0851. The highest BCUT2D eigenvalue weighted by Gasteiger charge is 2.38. The first-order valence-corrected chi connectivity index (χ1v) is 18.1. The highest BCUT2D eigenvalue weighted by molar-refractivity contribution is 6.24. The molecular formula is C41H29N3O19. The summed E-state index contributed by atoms with van der Waals surface area (Å²) < 4.78 is 6.04. The average molecular weight is 868 g/mol. The highest BCUT2D eigenvalue weighted by atomic mass is 16.4. The molecule has 63 heavy (non-hydrogen) atoms. The van der Waals surface area contributed by atoms with Crippen LogP contribution >= 0.6 is 0 Å². The van der Waals surface area contributed by atoms with Crippen LogP contribution < -0.4 is 5.32 Å². The summed E-state index contributed by atoms with van der Waals surface area (Å²) in [7, 11) is 0. The van der Waals surface area contributed by atoms with Gasteiger partial charge in [0.05, 0.1) is 38.2 Å². The van der Waals surface area contributed by atoms with E-state index in [4.69, 9.17) is 4.42 Å². The van der Waals surface area contributed by atoms with Gasteiger partial charge in [0, 0.05) is 16.5 Å². The van der Waals surface area contributed by atoms with Crippen LogP contribution in [0.2, 0.25) is 0 Å². The second-order valence-electron chi connectivity index (χ2n) is 14.3. The number of benzene rings is 6. The van der Waals surface area contributed by atoms with E-state index in [1.165, 1.54) is 6.07 Å². The van der Waals surface area contributed by atoms with Crippen LogP contribution in [-0.2, 0) is 6.42 Å². The van der Waals surface area contributed by atoms with Crippen molar-refractivity contribution < 1.29 is 96.3 Å². The maximum absolute atomic E-state index is 11.9. The molecule has 2 heterocycles. The topological polar surface area (TPSA) is 414 Å².